The Balaban J connectivity index is 1.55. The summed E-state index contributed by atoms with van der Waals surface area (Å²) >= 11 is 0. The largest absolute Gasteiger partial charge is 0.397 e. The third kappa shape index (κ3) is 2.79. The Labute approximate surface area is 180 Å². The number of nitrogen functional groups attached to an aromatic ring is 1. The summed E-state index contributed by atoms with van der Waals surface area (Å²) in [4.78, 5) is 20.8. The van der Waals surface area contributed by atoms with Crippen LogP contribution in [0.2, 0.25) is 0 Å². The molecule has 1 aromatic carbocycles. The van der Waals surface area contributed by atoms with Crippen LogP contribution >= 0.6 is 0 Å². The van der Waals surface area contributed by atoms with E-state index in [9.17, 15) is 0 Å². The monoisotopic (exact) mass is 422 g/mol. The number of benzene rings is 1. The van der Waals surface area contributed by atoms with Gasteiger partial charge in [-0.25, -0.2) is 9.37 Å². The Morgan fingerprint density at radius 1 is 0.906 bits per heavy atom. The molecule has 0 aliphatic carbocycles. The second-order valence-corrected chi connectivity index (χ2v) is 7.28. The molecule has 0 aliphatic rings. The molecule has 5 aromatic heterocycles. The van der Waals surface area contributed by atoms with Gasteiger partial charge in [-0.3, -0.25) is 20.1 Å². The lowest BCUT2D eigenvalue weighted by Crippen LogP contribution is -1.91. The van der Waals surface area contributed by atoms with Crippen molar-refractivity contribution in [2.45, 2.75) is 0 Å². The molecular formula is C23H15FN8. The number of H-pyrrole nitrogens is 2. The molecule has 154 valence electrons. The van der Waals surface area contributed by atoms with Crippen molar-refractivity contribution in [3.8, 4) is 34.0 Å². The van der Waals surface area contributed by atoms with Crippen molar-refractivity contribution in [1.29, 1.82) is 0 Å². The minimum Gasteiger partial charge on any atom is -0.397 e. The normalized spacial score (nSPS) is 11.4. The lowest BCUT2D eigenvalue weighted by Gasteiger charge is -2.05. The van der Waals surface area contributed by atoms with E-state index in [-0.39, 0.29) is 0 Å². The van der Waals surface area contributed by atoms with Crippen LogP contribution in [0.4, 0.5) is 10.1 Å². The number of aromatic nitrogens is 7. The van der Waals surface area contributed by atoms with E-state index in [1.807, 2.05) is 24.3 Å². The van der Waals surface area contributed by atoms with Crippen molar-refractivity contribution < 1.29 is 4.39 Å². The molecule has 0 amide bonds. The van der Waals surface area contributed by atoms with E-state index < -0.39 is 5.82 Å². The first-order valence-electron chi connectivity index (χ1n) is 9.83. The highest BCUT2D eigenvalue weighted by atomic mass is 19.1. The van der Waals surface area contributed by atoms with Crippen LogP contribution < -0.4 is 5.73 Å². The van der Waals surface area contributed by atoms with Gasteiger partial charge in [0.25, 0.3) is 0 Å². The fraction of sp³-hybridized carbons (Fsp3) is 0. The number of nitrogens with one attached hydrogen (secondary N) is 2. The molecule has 0 unspecified atom stereocenters. The Kier molecular flexibility index (Phi) is 3.94. The number of rotatable bonds is 3. The minimum atomic E-state index is -0.429. The highest BCUT2D eigenvalue weighted by Gasteiger charge is 2.20. The average Bonchev–Trinajstić information content (AvgIpc) is 3.44. The molecule has 8 nitrogen and oxygen atoms in total. The van der Waals surface area contributed by atoms with Gasteiger partial charge in [0.1, 0.15) is 22.7 Å². The van der Waals surface area contributed by atoms with Crippen molar-refractivity contribution in [3.63, 3.8) is 0 Å². The summed E-state index contributed by atoms with van der Waals surface area (Å²) in [6.07, 6.45) is 6.48. The first kappa shape index (κ1) is 18.1. The molecule has 0 bridgehead atoms. The van der Waals surface area contributed by atoms with Crippen LogP contribution in [0.3, 0.4) is 0 Å². The van der Waals surface area contributed by atoms with Crippen molar-refractivity contribution in [1.82, 2.24) is 35.1 Å². The van der Waals surface area contributed by atoms with E-state index in [0.717, 1.165) is 5.52 Å². The molecular weight excluding hydrogens is 407 g/mol. The second-order valence-electron chi connectivity index (χ2n) is 7.28. The number of nitrogens with zero attached hydrogens (tertiary/aromatic N) is 5. The molecule has 0 radical (unpaired) electrons. The van der Waals surface area contributed by atoms with Crippen molar-refractivity contribution in [3.05, 3.63) is 73.1 Å². The highest BCUT2D eigenvalue weighted by molar-refractivity contribution is 5.97. The summed E-state index contributed by atoms with van der Waals surface area (Å²) in [5, 5.41) is 7.56. The molecule has 6 aromatic rings. The summed E-state index contributed by atoms with van der Waals surface area (Å²) < 4.78 is 15.7. The zero-order valence-corrected chi connectivity index (χ0v) is 16.5. The molecule has 5 heterocycles. The molecule has 6 rings (SSSR count). The summed E-state index contributed by atoms with van der Waals surface area (Å²) in [6.45, 7) is 0. The molecule has 0 fully saturated rings. The first-order valence-corrected chi connectivity index (χ1v) is 9.83. The number of imidazole rings is 1. The van der Waals surface area contributed by atoms with E-state index in [2.05, 4.69) is 30.1 Å². The summed E-state index contributed by atoms with van der Waals surface area (Å²) in [5.41, 5.74) is 10.9. The smallest absolute Gasteiger partial charge is 0.159 e. The van der Waals surface area contributed by atoms with E-state index in [0.29, 0.717) is 56.1 Å². The SMILES string of the molecule is Nc1cncc(-c2ccc3[nH]nc(-c4nc5c(-c6ccccn6)nccc5[nH]4)c3c2F)c1. The quantitative estimate of drug-likeness (QED) is 0.390. The maximum Gasteiger partial charge on any atom is 0.159 e. The van der Waals surface area contributed by atoms with Crippen LogP contribution in [0.25, 0.3) is 56.0 Å². The number of nitrogens with two attached hydrogens (primary N) is 1. The second kappa shape index (κ2) is 6.95. The van der Waals surface area contributed by atoms with Crippen molar-refractivity contribution >= 4 is 27.6 Å². The lowest BCUT2D eigenvalue weighted by atomic mass is 10.0. The Morgan fingerprint density at radius 2 is 1.84 bits per heavy atom. The minimum absolute atomic E-state index is 0.330. The van der Waals surface area contributed by atoms with Crippen LogP contribution in [-0.4, -0.2) is 35.1 Å². The molecule has 0 saturated heterocycles. The highest BCUT2D eigenvalue weighted by Crippen LogP contribution is 2.34. The van der Waals surface area contributed by atoms with Crippen LogP contribution in [0.1, 0.15) is 0 Å². The molecule has 9 heteroatoms. The molecule has 0 saturated carbocycles. The fourth-order valence-electron chi connectivity index (χ4n) is 3.81. The fourth-order valence-corrected chi connectivity index (χ4v) is 3.81. The number of anilines is 1. The lowest BCUT2D eigenvalue weighted by molar-refractivity contribution is 0.643. The molecule has 32 heavy (non-hydrogen) atoms. The van der Waals surface area contributed by atoms with Crippen molar-refractivity contribution in [2.24, 2.45) is 0 Å². The third-order valence-corrected chi connectivity index (χ3v) is 5.27. The van der Waals surface area contributed by atoms with E-state index in [4.69, 9.17) is 10.7 Å². The van der Waals surface area contributed by atoms with Crippen LogP contribution in [0, 0.1) is 5.82 Å². The summed E-state index contributed by atoms with van der Waals surface area (Å²) in [6, 6.07) is 12.5. The van der Waals surface area contributed by atoms with Gasteiger partial charge in [-0.05, 0) is 36.4 Å². The van der Waals surface area contributed by atoms with Gasteiger partial charge in [-0.15, -0.1) is 0 Å². The van der Waals surface area contributed by atoms with Gasteiger partial charge in [0.15, 0.2) is 5.82 Å². The van der Waals surface area contributed by atoms with Crippen LogP contribution in [0.15, 0.2) is 67.3 Å². The van der Waals surface area contributed by atoms with Crippen LogP contribution in [-0.2, 0) is 0 Å². The maximum atomic E-state index is 15.7. The molecule has 0 atom stereocenters. The van der Waals surface area contributed by atoms with Gasteiger partial charge in [0.05, 0.1) is 27.8 Å². The summed E-state index contributed by atoms with van der Waals surface area (Å²) in [5.74, 6) is 0.000335. The Hall–Kier alpha value is -4.66. The average molecular weight is 422 g/mol. The van der Waals surface area contributed by atoms with Crippen molar-refractivity contribution in [2.75, 3.05) is 5.73 Å². The summed E-state index contributed by atoms with van der Waals surface area (Å²) in [7, 11) is 0. The van der Waals surface area contributed by atoms with Gasteiger partial charge < -0.3 is 10.7 Å². The Morgan fingerprint density at radius 3 is 2.69 bits per heavy atom. The predicted octanol–water partition coefficient (Wildman–Crippen LogP) is 4.35. The molecule has 4 N–H and O–H groups in total. The zero-order valence-electron chi connectivity index (χ0n) is 16.5. The number of pyridine rings is 3. The Bertz CT molecular complexity index is 1600. The van der Waals surface area contributed by atoms with E-state index >= 15 is 4.39 Å². The topological polar surface area (TPSA) is 122 Å². The van der Waals surface area contributed by atoms with E-state index in [1.165, 1.54) is 6.20 Å². The number of fused-ring (bicyclic) bond motifs is 2. The first-order chi connectivity index (χ1) is 15.7. The number of hydrogen-bond acceptors (Lipinski definition) is 6. The molecule has 0 spiro atoms. The third-order valence-electron chi connectivity index (χ3n) is 5.27. The number of hydrogen-bond donors (Lipinski definition) is 3. The van der Waals surface area contributed by atoms with Gasteiger partial charge in [0.2, 0.25) is 0 Å². The van der Waals surface area contributed by atoms with Gasteiger partial charge in [-0.1, -0.05) is 6.07 Å². The number of aromatic amines is 2. The maximum absolute atomic E-state index is 15.7. The van der Waals surface area contributed by atoms with Crippen LogP contribution in [0.5, 0.6) is 0 Å². The molecule has 0 aliphatic heterocycles. The van der Waals surface area contributed by atoms with Gasteiger partial charge in [0, 0.05) is 35.9 Å². The number of halogens is 1. The van der Waals surface area contributed by atoms with Gasteiger partial charge >= 0.3 is 0 Å². The standard InChI is InChI=1S/C23H15FN8/c24-19-14(12-9-13(25)11-26-10-12)4-5-15-18(19)22(32-31-15)23-29-17-6-8-28-20(21(17)30-23)16-3-1-2-7-27-16/h1-11H,25H2,(H,29,30)(H,31,32). The zero-order chi connectivity index (χ0) is 21.7. The van der Waals surface area contributed by atoms with Gasteiger partial charge in [-0.2, -0.15) is 5.10 Å². The predicted molar refractivity (Wildman–Crippen MR) is 120 cm³/mol. The van der Waals surface area contributed by atoms with E-state index in [1.54, 1.807) is 36.8 Å².